The molecule has 0 aliphatic carbocycles. The van der Waals surface area contributed by atoms with E-state index in [4.69, 9.17) is 4.74 Å². The van der Waals surface area contributed by atoms with Crippen LogP contribution in [-0.4, -0.2) is 43.5 Å². The number of rotatable bonds is 10. The van der Waals surface area contributed by atoms with Crippen LogP contribution < -0.4 is 15.4 Å². The van der Waals surface area contributed by atoms with Gasteiger partial charge in [0.15, 0.2) is 0 Å². The molecule has 2 rings (SSSR count). The van der Waals surface area contributed by atoms with E-state index in [0.717, 1.165) is 11.6 Å². The number of carbonyl (C=O) groups excluding carboxylic acids is 2. The Labute approximate surface area is 192 Å². The minimum absolute atomic E-state index is 0.0653. The lowest BCUT2D eigenvalue weighted by molar-refractivity contribution is -0.137. The molecule has 2 aromatic rings. The maximum absolute atomic E-state index is 13.1. The fraction of sp³-hybridized carbons (Fsp3) is 0.417. The molecule has 0 saturated carbocycles. The SMILES string of the molecule is CCN(CC(=O)Nc1ccccc1C(F)(F)F)CC(=O)NC(c1ccc(OC)cc1)C(C)C. The number of hydrogen-bond acceptors (Lipinski definition) is 4. The molecule has 9 heteroatoms. The number of hydrogen-bond donors (Lipinski definition) is 2. The quantitative estimate of drug-likeness (QED) is 0.543. The van der Waals surface area contributed by atoms with Crippen molar-refractivity contribution in [2.24, 2.45) is 5.92 Å². The summed E-state index contributed by atoms with van der Waals surface area (Å²) in [6, 6.07) is 11.9. The van der Waals surface area contributed by atoms with Crippen LogP contribution in [0.4, 0.5) is 18.9 Å². The highest BCUT2D eigenvalue weighted by Crippen LogP contribution is 2.34. The molecule has 180 valence electrons. The van der Waals surface area contributed by atoms with Crippen molar-refractivity contribution in [3.05, 3.63) is 59.7 Å². The van der Waals surface area contributed by atoms with Crippen molar-refractivity contribution in [1.29, 1.82) is 0 Å². The van der Waals surface area contributed by atoms with E-state index in [1.165, 1.54) is 18.2 Å². The number of alkyl halides is 3. The van der Waals surface area contributed by atoms with Crippen molar-refractivity contribution in [3.8, 4) is 5.75 Å². The summed E-state index contributed by atoms with van der Waals surface area (Å²) in [6.07, 6.45) is -4.58. The first-order valence-electron chi connectivity index (χ1n) is 10.7. The third kappa shape index (κ3) is 7.78. The number of nitrogens with one attached hydrogen (secondary N) is 2. The van der Waals surface area contributed by atoms with E-state index in [0.29, 0.717) is 12.3 Å². The number of methoxy groups -OCH3 is 1. The van der Waals surface area contributed by atoms with Gasteiger partial charge in [0, 0.05) is 0 Å². The number of amides is 2. The molecule has 0 bridgehead atoms. The van der Waals surface area contributed by atoms with E-state index in [2.05, 4.69) is 10.6 Å². The lowest BCUT2D eigenvalue weighted by atomic mass is 9.96. The average molecular weight is 466 g/mol. The van der Waals surface area contributed by atoms with Crippen LogP contribution in [0.3, 0.4) is 0 Å². The second kappa shape index (κ2) is 11.7. The highest BCUT2D eigenvalue weighted by Gasteiger charge is 2.33. The monoisotopic (exact) mass is 465 g/mol. The smallest absolute Gasteiger partial charge is 0.418 e. The second-order valence-electron chi connectivity index (χ2n) is 7.96. The number of benzene rings is 2. The first-order chi connectivity index (χ1) is 15.5. The summed E-state index contributed by atoms with van der Waals surface area (Å²) in [5, 5.41) is 5.29. The van der Waals surface area contributed by atoms with E-state index >= 15 is 0 Å². The Morgan fingerprint density at radius 3 is 2.15 bits per heavy atom. The molecule has 2 amide bonds. The first kappa shape index (κ1) is 26.2. The second-order valence-corrected chi connectivity index (χ2v) is 7.96. The van der Waals surface area contributed by atoms with Gasteiger partial charge in [0.25, 0.3) is 0 Å². The molecule has 2 N–H and O–H groups in total. The maximum atomic E-state index is 13.1. The maximum Gasteiger partial charge on any atom is 0.418 e. The van der Waals surface area contributed by atoms with Crippen LogP contribution in [-0.2, 0) is 15.8 Å². The molecule has 2 aromatic carbocycles. The van der Waals surface area contributed by atoms with E-state index in [-0.39, 0.29) is 36.6 Å². The molecule has 1 atom stereocenters. The third-order valence-electron chi connectivity index (χ3n) is 5.15. The van der Waals surface area contributed by atoms with Crippen LogP contribution >= 0.6 is 0 Å². The zero-order valence-corrected chi connectivity index (χ0v) is 19.2. The fourth-order valence-electron chi connectivity index (χ4n) is 3.38. The number of para-hydroxylation sites is 1. The van der Waals surface area contributed by atoms with Gasteiger partial charge >= 0.3 is 6.18 Å². The van der Waals surface area contributed by atoms with Gasteiger partial charge in [0.05, 0.1) is 37.5 Å². The highest BCUT2D eigenvalue weighted by molar-refractivity contribution is 5.93. The number of likely N-dealkylation sites (N-methyl/N-ethyl adjacent to an activating group) is 1. The number of nitrogens with zero attached hydrogens (tertiary/aromatic N) is 1. The van der Waals surface area contributed by atoms with E-state index in [1.807, 2.05) is 38.1 Å². The minimum Gasteiger partial charge on any atom is -0.497 e. The first-order valence-corrected chi connectivity index (χ1v) is 10.7. The average Bonchev–Trinajstić information content (AvgIpc) is 2.76. The Kier molecular flexibility index (Phi) is 9.28. The lowest BCUT2D eigenvalue weighted by Gasteiger charge is -2.25. The molecule has 0 saturated heterocycles. The third-order valence-corrected chi connectivity index (χ3v) is 5.15. The van der Waals surface area contributed by atoms with Crippen LogP contribution in [0.25, 0.3) is 0 Å². The summed E-state index contributed by atoms with van der Waals surface area (Å²) in [7, 11) is 1.58. The summed E-state index contributed by atoms with van der Waals surface area (Å²) in [6.45, 7) is 5.83. The van der Waals surface area contributed by atoms with Gasteiger partial charge in [-0.1, -0.05) is 45.0 Å². The molecule has 0 aromatic heterocycles. The summed E-state index contributed by atoms with van der Waals surface area (Å²) in [4.78, 5) is 26.6. The highest BCUT2D eigenvalue weighted by atomic mass is 19.4. The number of anilines is 1. The normalized spacial score (nSPS) is 12.5. The van der Waals surface area contributed by atoms with Crippen molar-refractivity contribution < 1.29 is 27.5 Å². The number of carbonyl (C=O) groups is 2. The minimum atomic E-state index is -4.58. The van der Waals surface area contributed by atoms with Gasteiger partial charge in [-0.05, 0) is 42.3 Å². The molecule has 0 aliphatic rings. The van der Waals surface area contributed by atoms with Gasteiger partial charge in [-0.25, -0.2) is 0 Å². The topological polar surface area (TPSA) is 70.7 Å². The van der Waals surface area contributed by atoms with Crippen molar-refractivity contribution >= 4 is 17.5 Å². The van der Waals surface area contributed by atoms with Crippen molar-refractivity contribution in [1.82, 2.24) is 10.2 Å². The van der Waals surface area contributed by atoms with E-state index in [1.54, 1.807) is 18.9 Å². The predicted molar refractivity (Wildman–Crippen MR) is 121 cm³/mol. The molecule has 0 aliphatic heterocycles. The predicted octanol–water partition coefficient (Wildman–Crippen LogP) is 4.49. The Balaban J connectivity index is 2.00. The van der Waals surface area contributed by atoms with Gasteiger partial charge in [-0.15, -0.1) is 0 Å². The van der Waals surface area contributed by atoms with E-state index < -0.39 is 17.6 Å². The fourth-order valence-corrected chi connectivity index (χ4v) is 3.38. The van der Waals surface area contributed by atoms with Gasteiger partial charge in [-0.2, -0.15) is 13.2 Å². The van der Waals surface area contributed by atoms with Crippen LogP contribution in [0.1, 0.15) is 37.9 Å². The Bertz CT molecular complexity index is 931. The molecule has 33 heavy (non-hydrogen) atoms. The zero-order valence-electron chi connectivity index (χ0n) is 19.2. The van der Waals surface area contributed by atoms with Crippen molar-refractivity contribution in [2.75, 3.05) is 32.1 Å². The standard InChI is InChI=1S/C24H30F3N3O3/c1-5-30(14-21(31)28-20-9-7-6-8-19(20)24(25,26)27)15-22(32)29-23(16(2)3)17-10-12-18(33-4)13-11-17/h6-13,16,23H,5,14-15H2,1-4H3,(H,28,31)(H,29,32). The zero-order chi connectivity index (χ0) is 24.6. The Morgan fingerprint density at radius 2 is 1.61 bits per heavy atom. The molecular formula is C24H30F3N3O3. The number of halogens is 3. The van der Waals surface area contributed by atoms with Crippen LogP contribution in [0.15, 0.2) is 48.5 Å². The molecule has 1 unspecified atom stereocenters. The molecule has 0 radical (unpaired) electrons. The van der Waals surface area contributed by atoms with Crippen molar-refractivity contribution in [2.45, 2.75) is 33.0 Å². The summed E-state index contributed by atoms with van der Waals surface area (Å²) in [5.74, 6) is -0.0887. The molecule has 0 fully saturated rings. The summed E-state index contributed by atoms with van der Waals surface area (Å²) < 4.78 is 44.6. The van der Waals surface area contributed by atoms with Gasteiger partial charge in [0.2, 0.25) is 11.8 Å². The molecule has 0 spiro atoms. The molecular weight excluding hydrogens is 435 g/mol. The molecule has 0 heterocycles. The van der Waals surface area contributed by atoms with Crippen LogP contribution in [0.5, 0.6) is 5.75 Å². The number of ether oxygens (including phenoxy) is 1. The van der Waals surface area contributed by atoms with Crippen LogP contribution in [0, 0.1) is 5.92 Å². The van der Waals surface area contributed by atoms with Gasteiger partial charge in [0.1, 0.15) is 5.75 Å². The van der Waals surface area contributed by atoms with Gasteiger partial charge < -0.3 is 15.4 Å². The Morgan fingerprint density at radius 1 is 1.00 bits per heavy atom. The Hall–Kier alpha value is -3.07. The molecule has 6 nitrogen and oxygen atoms in total. The van der Waals surface area contributed by atoms with Gasteiger partial charge in [-0.3, -0.25) is 14.5 Å². The van der Waals surface area contributed by atoms with Crippen molar-refractivity contribution in [3.63, 3.8) is 0 Å². The summed E-state index contributed by atoms with van der Waals surface area (Å²) in [5.41, 5.74) is -0.308. The van der Waals surface area contributed by atoms with E-state index in [9.17, 15) is 22.8 Å². The van der Waals surface area contributed by atoms with Crippen LogP contribution in [0.2, 0.25) is 0 Å². The lowest BCUT2D eigenvalue weighted by Crippen LogP contribution is -2.43. The largest absolute Gasteiger partial charge is 0.497 e. The summed E-state index contributed by atoms with van der Waals surface area (Å²) >= 11 is 0.